The summed E-state index contributed by atoms with van der Waals surface area (Å²) in [7, 11) is 0. The molecule has 13 rings (SSSR count). The van der Waals surface area contributed by atoms with Crippen LogP contribution in [0.25, 0.3) is 27.5 Å². The van der Waals surface area contributed by atoms with Crippen molar-refractivity contribution < 1.29 is 4.74 Å². The standard InChI is InChI=1S/C59H42N2O/c1-59(2)48-19-11-12-20-51(48)61(50-32-26-40-22-29-46-44(37-13-5-3-6-14-37)28-21-39-23-30-47(50)57(40)56(39)46)53-35-41(24-31-49(53)59)42-27-34-55-54(36-42)60(43-16-7-4-8-17-43)52-33-25-38-15-9-10-18-45(38)58(52)62-55/h3-36,56-57H,1-2H3. The van der Waals surface area contributed by atoms with E-state index in [9.17, 15) is 0 Å². The van der Waals surface area contributed by atoms with E-state index in [-0.39, 0.29) is 17.3 Å². The maximum atomic E-state index is 6.84. The van der Waals surface area contributed by atoms with Crippen LogP contribution in [0.2, 0.25) is 0 Å². The van der Waals surface area contributed by atoms with Crippen molar-refractivity contribution in [1.82, 2.24) is 0 Å². The van der Waals surface area contributed by atoms with Gasteiger partial charge in [-0.25, -0.2) is 0 Å². The lowest BCUT2D eigenvalue weighted by molar-refractivity contribution is 0.482. The lowest BCUT2D eigenvalue weighted by atomic mass is 9.62. The molecule has 0 saturated heterocycles. The fourth-order valence-corrected chi connectivity index (χ4v) is 11.1. The highest BCUT2D eigenvalue weighted by Crippen LogP contribution is 2.58. The van der Waals surface area contributed by atoms with Gasteiger partial charge >= 0.3 is 0 Å². The van der Waals surface area contributed by atoms with Gasteiger partial charge in [0.1, 0.15) is 0 Å². The number of para-hydroxylation sites is 2. The minimum Gasteiger partial charge on any atom is -0.452 e. The van der Waals surface area contributed by atoms with Crippen molar-refractivity contribution in [2.24, 2.45) is 11.8 Å². The van der Waals surface area contributed by atoms with E-state index in [0.717, 1.165) is 50.5 Å². The Morgan fingerprint density at radius 1 is 0.484 bits per heavy atom. The number of allylic oxidation sites excluding steroid dienone is 13. The average Bonchev–Trinajstić information content (AvgIpc) is 3.33. The van der Waals surface area contributed by atoms with E-state index in [0.29, 0.717) is 0 Å². The fourth-order valence-electron chi connectivity index (χ4n) is 11.1. The van der Waals surface area contributed by atoms with Crippen LogP contribution in [-0.2, 0) is 5.41 Å². The molecule has 4 aliphatic carbocycles. The lowest BCUT2D eigenvalue weighted by Crippen LogP contribution is -2.37. The van der Waals surface area contributed by atoms with Crippen LogP contribution >= 0.6 is 0 Å². The molecule has 0 N–H and O–H groups in total. The minimum atomic E-state index is -0.215. The number of anilines is 5. The maximum absolute atomic E-state index is 6.84. The van der Waals surface area contributed by atoms with Crippen LogP contribution < -0.4 is 14.5 Å². The van der Waals surface area contributed by atoms with E-state index in [1.54, 1.807) is 0 Å². The SMILES string of the molecule is CC1(C)c2ccccc2N(C2=CC=C3C=CC4=C(c5ccccc5)C=CC5=CC=C2C3C54)c2cc(-c3ccc4c(c3)N(c3ccccc3)c3ccc5ccccc5c3O4)ccc21. The molecule has 7 aromatic carbocycles. The molecule has 3 nitrogen and oxygen atoms in total. The maximum Gasteiger partial charge on any atom is 0.159 e. The van der Waals surface area contributed by atoms with Gasteiger partial charge in [0, 0.05) is 28.3 Å². The summed E-state index contributed by atoms with van der Waals surface area (Å²) < 4.78 is 6.84. The van der Waals surface area contributed by atoms with Crippen LogP contribution in [0.1, 0.15) is 30.5 Å². The molecule has 2 heterocycles. The monoisotopic (exact) mass is 794 g/mol. The second-order valence-electron chi connectivity index (χ2n) is 17.7. The molecular weight excluding hydrogens is 753 g/mol. The summed E-state index contributed by atoms with van der Waals surface area (Å²) in [6, 6.07) is 57.2. The Labute approximate surface area is 362 Å². The highest BCUT2D eigenvalue weighted by Gasteiger charge is 2.44. The van der Waals surface area contributed by atoms with Gasteiger partial charge in [-0.05, 0) is 110 Å². The number of rotatable bonds is 4. The van der Waals surface area contributed by atoms with Crippen LogP contribution in [0, 0.1) is 11.8 Å². The molecule has 3 heteroatoms. The summed E-state index contributed by atoms with van der Waals surface area (Å²) in [6.07, 6.45) is 18.9. The Hall–Kier alpha value is -7.62. The third-order valence-electron chi connectivity index (χ3n) is 14.0. The molecule has 0 spiro atoms. The largest absolute Gasteiger partial charge is 0.452 e. The summed E-state index contributed by atoms with van der Waals surface area (Å²) >= 11 is 0. The number of fused-ring (bicyclic) bond motifs is 6. The molecule has 2 atom stereocenters. The van der Waals surface area contributed by atoms with E-state index in [1.807, 2.05) is 0 Å². The smallest absolute Gasteiger partial charge is 0.159 e. The average molecular weight is 795 g/mol. The summed E-state index contributed by atoms with van der Waals surface area (Å²) in [5.41, 5.74) is 19.6. The van der Waals surface area contributed by atoms with Gasteiger partial charge in [0.2, 0.25) is 0 Å². The number of hydrogen-bond donors (Lipinski definition) is 0. The molecular formula is C59H42N2O. The Bertz CT molecular complexity index is 3300. The van der Waals surface area contributed by atoms with Crippen molar-refractivity contribution in [2.75, 3.05) is 9.80 Å². The van der Waals surface area contributed by atoms with E-state index in [4.69, 9.17) is 4.74 Å². The van der Waals surface area contributed by atoms with Gasteiger partial charge in [-0.2, -0.15) is 0 Å². The van der Waals surface area contributed by atoms with E-state index in [1.165, 1.54) is 61.6 Å². The quantitative estimate of drug-likeness (QED) is 0.176. The van der Waals surface area contributed by atoms with E-state index in [2.05, 4.69) is 230 Å². The molecule has 6 aliphatic rings. The number of ether oxygens (including phenoxy) is 1. The van der Waals surface area contributed by atoms with Gasteiger partial charge < -0.3 is 14.5 Å². The molecule has 0 radical (unpaired) electrons. The Kier molecular flexibility index (Phi) is 7.48. The molecule has 0 bridgehead atoms. The predicted octanol–water partition coefficient (Wildman–Crippen LogP) is 15.4. The van der Waals surface area contributed by atoms with Crippen LogP contribution in [0.3, 0.4) is 0 Å². The first kappa shape index (κ1) is 35.2. The van der Waals surface area contributed by atoms with Crippen molar-refractivity contribution in [3.8, 4) is 22.6 Å². The first-order valence-corrected chi connectivity index (χ1v) is 21.7. The molecule has 0 fully saturated rings. The van der Waals surface area contributed by atoms with E-state index >= 15 is 0 Å². The number of benzene rings is 7. The summed E-state index contributed by atoms with van der Waals surface area (Å²) in [5, 5.41) is 2.26. The van der Waals surface area contributed by atoms with Gasteiger partial charge in [0.15, 0.2) is 11.5 Å². The van der Waals surface area contributed by atoms with Crippen molar-refractivity contribution in [1.29, 1.82) is 0 Å². The van der Waals surface area contributed by atoms with Crippen molar-refractivity contribution >= 4 is 44.8 Å². The fraction of sp³-hybridized carbons (Fsp3) is 0.0847. The third kappa shape index (κ3) is 5.06. The first-order chi connectivity index (χ1) is 30.5. The Morgan fingerprint density at radius 3 is 2.05 bits per heavy atom. The van der Waals surface area contributed by atoms with Crippen LogP contribution in [-0.4, -0.2) is 0 Å². The molecule has 294 valence electrons. The lowest BCUT2D eigenvalue weighted by Gasteiger charge is -2.47. The summed E-state index contributed by atoms with van der Waals surface area (Å²) in [4.78, 5) is 4.92. The molecule has 62 heavy (non-hydrogen) atoms. The summed E-state index contributed by atoms with van der Waals surface area (Å²) in [5.74, 6) is 2.19. The van der Waals surface area contributed by atoms with Gasteiger partial charge in [-0.3, -0.25) is 0 Å². The summed E-state index contributed by atoms with van der Waals surface area (Å²) in [6.45, 7) is 4.75. The van der Waals surface area contributed by atoms with Gasteiger partial charge in [-0.15, -0.1) is 0 Å². The third-order valence-corrected chi connectivity index (χ3v) is 14.0. The highest BCUT2D eigenvalue weighted by molar-refractivity contribution is 6.00. The van der Waals surface area contributed by atoms with Crippen LogP contribution in [0.4, 0.5) is 28.4 Å². The van der Waals surface area contributed by atoms with Crippen molar-refractivity contribution in [3.05, 3.63) is 251 Å². The van der Waals surface area contributed by atoms with Crippen LogP contribution in [0.5, 0.6) is 11.5 Å². The number of nitrogens with zero attached hydrogens (tertiary/aromatic N) is 2. The van der Waals surface area contributed by atoms with Crippen molar-refractivity contribution in [2.45, 2.75) is 19.3 Å². The van der Waals surface area contributed by atoms with Crippen molar-refractivity contribution in [3.63, 3.8) is 0 Å². The molecule has 2 unspecified atom stereocenters. The Morgan fingerprint density at radius 2 is 1.18 bits per heavy atom. The zero-order valence-corrected chi connectivity index (χ0v) is 34.6. The van der Waals surface area contributed by atoms with Gasteiger partial charge in [0.25, 0.3) is 0 Å². The molecule has 0 amide bonds. The zero-order valence-electron chi connectivity index (χ0n) is 34.6. The zero-order chi connectivity index (χ0) is 41.1. The second-order valence-corrected chi connectivity index (χ2v) is 17.7. The van der Waals surface area contributed by atoms with Gasteiger partial charge in [0.05, 0.1) is 28.4 Å². The normalized spacial score (nSPS) is 19.5. The second kappa shape index (κ2) is 13.2. The van der Waals surface area contributed by atoms with Gasteiger partial charge in [-0.1, -0.05) is 172 Å². The highest BCUT2D eigenvalue weighted by atomic mass is 16.5. The minimum absolute atomic E-state index is 0.215. The topological polar surface area (TPSA) is 15.7 Å². The number of hydrogen-bond acceptors (Lipinski definition) is 3. The van der Waals surface area contributed by atoms with Crippen LogP contribution in [0.15, 0.2) is 234 Å². The molecule has 0 aromatic heterocycles. The Balaban J connectivity index is 0.960. The van der Waals surface area contributed by atoms with E-state index < -0.39 is 0 Å². The predicted molar refractivity (Wildman–Crippen MR) is 256 cm³/mol. The first-order valence-electron chi connectivity index (χ1n) is 21.7. The molecule has 7 aromatic rings. The molecule has 0 saturated carbocycles. The molecule has 2 aliphatic heterocycles.